The summed E-state index contributed by atoms with van der Waals surface area (Å²) in [5.41, 5.74) is 3.21. The molecule has 0 aliphatic heterocycles. The Balaban J connectivity index is 2.17. The zero-order chi connectivity index (χ0) is 17.9. The monoisotopic (exact) mass is 389 g/mol. The van der Waals surface area contributed by atoms with Crippen LogP contribution in [0.5, 0.6) is 5.75 Å². The van der Waals surface area contributed by atoms with E-state index in [0.29, 0.717) is 11.3 Å². The Bertz CT molecular complexity index is 766. The molecule has 24 heavy (non-hydrogen) atoms. The lowest BCUT2D eigenvalue weighted by Crippen LogP contribution is -2.31. The number of ether oxygens (including phenoxy) is 1. The number of anilines is 1. The van der Waals surface area contributed by atoms with Gasteiger partial charge in [0.25, 0.3) is 5.91 Å². The Morgan fingerprint density at radius 3 is 2.33 bits per heavy atom. The molecule has 126 valence electrons. The van der Waals surface area contributed by atoms with Gasteiger partial charge in [-0.15, -0.1) is 0 Å². The fraction of sp³-hybridized carbons (Fsp3) is 0.263. The van der Waals surface area contributed by atoms with Gasteiger partial charge >= 0.3 is 0 Å². The Labute approximate surface area is 150 Å². The number of hydrogen-bond donors (Lipinski definition) is 1. The highest BCUT2D eigenvalue weighted by Gasteiger charge is 2.19. The molecule has 0 aliphatic rings. The lowest BCUT2D eigenvalue weighted by Gasteiger charge is -2.18. The van der Waals surface area contributed by atoms with Gasteiger partial charge in [-0.05, 0) is 57.0 Å². The molecule has 0 bridgehead atoms. The van der Waals surface area contributed by atoms with E-state index in [-0.39, 0.29) is 11.7 Å². The molecule has 0 saturated carbocycles. The number of carbonyl (C=O) groups is 2. The third kappa shape index (κ3) is 4.23. The van der Waals surface area contributed by atoms with Gasteiger partial charge in [0.1, 0.15) is 5.75 Å². The Morgan fingerprint density at radius 1 is 1.12 bits per heavy atom. The third-order valence-electron chi connectivity index (χ3n) is 3.72. The molecule has 5 heteroatoms. The average molecular weight is 390 g/mol. The smallest absolute Gasteiger partial charge is 0.265 e. The zero-order valence-corrected chi connectivity index (χ0v) is 15.7. The molecule has 1 amide bonds. The first kappa shape index (κ1) is 18.2. The van der Waals surface area contributed by atoms with Gasteiger partial charge < -0.3 is 10.1 Å². The topological polar surface area (TPSA) is 55.4 Å². The van der Waals surface area contributed by atoms with Crippen LogP contribution in [-0.2, 0) is 4.79 Å². The molecule has 0 heterocycles. The average Bonchev–Trinajstić information content (AvgIpc) is 2.52. The highest BCUT2D eigenvalue weighted by Crippen LogP contribution is 2.25. The summed E-state index contributed by atoms with van der Waals surface area (Å²) in [6, 6.07) is 11.0. The van der Waals surface area contributed by atoms with Crippen LogP contribution < -0.4 is 10.1 Å². The van der Waals surface area contributed by atoms with Gasteiger partial charge in [0.05, 0.1) is 5.56 Å². The predicted molar refractivity (Wildman–Crippen MR) is 98.8 cm³/mol. The number of benzene rings is 2. The number of aryl methyl sites for hydroxylation is 2. The van der Waals surface area contributed by atoms with Gasteiger partial charge in [-0.1, -0.05) is 34.1 Å². The van der Waals surface area contributed by atoms with E-state index in [1.165, 1.54) is 6.92 Å². The molecule has 0 fully saturated rings. The van der Waals surface area contributed by atoms with Crippen LogP contribution in [0, 0.1) is 13.8 Å². The van der Waals surface area contributed by atoms with Crippen LogP contribution in [0.4, 0.5) is 5.69 Å². The number of amides is 1. The number of carbonyl (C=O) groups excluding carboxylic acids is 2. The van der Waals surface area contributed by atoms with Gasteiger partial charge in [-0.2, -0.15) is 0 Å². The fourth-order valence-electron chi connectivity index (χ4n) is 2.36. The van der Waals surface area contributed by atoms with E-state index in [9.17, 15) is 9.59 Å². The minimum absolute atomic E-state index is 0.117. The number of halogens is 1. The molecular formula is C19H20BrNO3. The fourth-order valence-corrected chi connectivity index (χ4v) is 2.72. The van der Waals surface area contributed by atoms with Gasteiger partial charge in [-0.3, -0.25) is 9.59 Å². The van der Waals surface area contributed by atoms with Crippen molar-refractivity contribution < 1.29 is 14.3 Å². The Hall–Kier alpha value is -2.14. The number of ketones is 1. The van der Waals surface area contributed by atoms with E-state index in [1.807, 2.05) is 32.0 Å². The van der Waals surface area contributed by atoms with Crippen LogP contribution in [0.2, 0.25) is 0 Å². The molecule has 0 aliphatic carbocycles. The normalized spacial score (nSPS) is 11.7. The van der Waals surface area contributed by atoms with E-state index < -0.39 is 6.10 Å². The molecule has 1 atom stereocenters. The summed E-state index contributed by atoms with van der Waals surface area (Å²) in [4.78, 5) is 24.2. The van der Waals surface area contributed by atoms with Gasteiger partial charge in [0, 0.05) is 10.2 Å². The van der Waals surface area contributed by atoms with Gasteiger partial charge in [0.15, 0.2) is 11.9 Å². The van der Waals surface area contributed by atoms with Crippen molar-refractivity contribution in [2.45, 2.75) is 33.8 Å². The van der Waals surface area contributed by atoms with Crippen molar-refractivity contribution in [3.05, 3.63) is 57.6 Å². The van der Waals surface area contributed by atoms with Crippen molar-refractivity contribution in [2.24, 2.45) is 0 Å². The molecule has 0 radical (unpaired) electrons. The van der Waals surface area contributed by atoms with E-state index in [2.05, 4.69) is 21.2 Å². The highest BCUT2D eigenvalue weighted by molar-refractivity contribution is 9.10. The van der Waals surface area contributed by atoms with Crippen molar-refractivity contribution in [3.63, 3.8) is 0 Å². The maximum absolute atomic E-state index is 12.4. The standard InChI is InChI=1S/C19H20BrNO3/c1-11-6-5-7-12(2)18(11)21-19(23)14(4)24-17-9-8-15(20)10-16(17)13(3)22/h5-10,14H,1-4H3,(H,21,23)/t14-/m0/s1. The molecule has 4 nitrogen and oxygen atoms in total. The first-order chi connectivity index (χ1) is 11.3. The van der Waals surface area contributed by atoms with Crippen LogP contribution in [-0.4, -0.2) is 17.8 Å². The molecule has 0 unspecified atom stereocenters. The number of hydrogen-bond acceptors (Lipinski definition) is 3. The summed E-state index contributed by atoms with van der Waals surface area (Å²) in [5.74, 6) is 0.0216. The summed E-state index contributed by atoms with van der Waals surface area (Å²) in [7, 11) is 0. The maximum atomic E-state index is 12.4. The van der Waals surface area contributed by atoms with Crippen LogP contribution in [0.3, 0.4) is 0 Å². The molecule has 0 aromatic heterocycles. The molecule has 0 saturated heterocycles. The largest absolute Gasteiger partial charge is 0.480 e. The first-order valence-corrected chi connectivity index (χ1v) is 8.43. The second kappa shape index (κ2) is 7.62. The lowest BCUT2D eigenvalue weighted by molar-refractivity contribution is -0.122. The lowest BCUT2D eigenvalue weighted by atomic mass is 10.1. The predicted octanol–water partition coefficient (Wildman–Crippen LogP) is 4.67. The number of rotatable bonds is 5. The molecular weight excluding hydrogens is 370 g/mol. The molecule has 1 N–H and O–H groups in total. The SMILES string of the molecule is CC(=O)c1cc(Br)ccc1O[C@@H](C)C(=O)Nc1c(C)cccc1C. The van der Waals surface area contributed by atoms with E-state index >= 15 is 0 Å². The third-order valence-corrected chi connectivity index (χ3v) is 4.22. The van der Waals surface area contributed by atoms with Crippen LogP contribution >= 0.6 is 15.9 Å². The minimum atomic E-state index is -0.733. The number of para-hydroxylation sites is 1. The molecule has 0 spiro atoms. The second-order valence-corrected chi connectivity index (χ2v) is 6.63. The molecule has 2 rings (SSSR count). The summed E-state index contributed by atoms with van der Waals surface area (Å²) in [5, 5.41) is 2.90. The van der Waals surface area contributed by atoms with Crippen molar-refractivity contribution in [3.8, 4) is 5.75 Å². The van der Waals surface area contributed by atoms with Crippen molar-refractivity contribution in [1.82, 2.24) is 0 Å². The summed E-state index contributed by atoms with van der Waals surface area (Å²) in [6.07, 6.45) is -0.733. The summed E-state index contributed by atoms with van der Waals surface area (Å²) in [6.45, 7) is 7.01. The van der Waals surface area contributed by atoms with Crippen LogP contribution in [0.1, 0.15) is 35.3 Å². The second-order valence-electron chi connectivity index (χ2n) is 5.71. The molecule has 2 aromatic carbocycles. The Kier molecular flexibility index (Phi) is 5.78. The Morgan fingerprint density at radius 2 is 1.75 bits per heavy atom. The minimum Gasteiger partial charge on any atom is -0.480 e. The summed E-state index contributed by atoms with van der Waals surface area (Å²) < 4.78 is 6.51. The van der Waals surface area contributed by atoms with Gasteiger partial charge in [-0.25, -0.2) is 0 Å². The van der Waals surface area contributed by atoms with E-state index in [1.54, 1.807) is 25.1 Å². The zero-order valence-electron chi connectivity index (χ0n) is 14.1. The highest BCUT2D eigenvalue weighted by atomic mass is 79.9. The number of nitrogens with one attached hydrogen (secondary N) is 1. The van der Waals surface area contributed by atoms with Crippen molar-refractivity contribution in [2.75, 3.05) is 5.32 Å². The van der Waals surface area contributed by atoms with Crippen LogP contribution in [0.25, 0.3) is 0 Å². The van der Waals surface area contributed by atoms with Gasteiger partial charge in [0.2, 0.25) is 0 Å². The van der Waals surface area contributed by atoms with E-state index in [0.717, 1.165) is 21.3 Å². The van der Waals surface area contributed by atoms with Crippen LogP contribution in [0.15, 0.2) is 40.9 Å². The van der Waals surface area contributed by atoms with Crippen molar-refractivity contribution >= 4 is 33.3 Å². The maximum Gasteiger partial charge on any atom is 0.265 e. The molecule has 2 aromatic rings. The first-order valence-electron chi connectivity index (χ1n) is 7.64. The quantitative estimate of drug-likeness (QED) is 0.755. The van der Waals surface area contributed by atoms with E-state index in [4.69, 9.17) is 4.74 Å². The van der Waals surface area contributed by atoms with Crippen molar-refractivity contribution in [1.29, 1.82) is 0 Å². The summed E-state index contributed by atoms with van der Waals surface area (Å²) >= 11 is 3.33. The number of Topliss-reactive ketones (excluding diaryl/α,β-unsaturated/α-hetero) is 1.